The van der Waals surface area contributed by atoms with Crippen LogP contribution in [0.4, 0.5) is 17.1 Å². The second-order valence-electron chi connectivity index (χ2n) is 5.30. The van der Waals surface area contributed by atoms with Gasteiger partial charge in [0.2, 0.25) is 5.91 Å². The number of nitrogens with one attached hydrogen (secondary N) is 2. The van der Waals surface area contributed by atoms with Crippen LogP contribution in [0.5, 0.6) is 0 Å². The summed E-state index contributed by atoms with van der Waals surface area (Å²) in [5, 5.41) is 6.39. The fourth-order valence-corrected chi connectivity index (χ4v) is 2.65. The fraction of sp³-hybridized carbons (Fsp3) is 0.500. The van der Waals surface area contributed by atoms with Crippen molar-refractivity contribution in [3.63, 3.8) is 0 Å². The van der Waals surface area contributed by atoms with Crippen LogP contribution in [0.3, 0.4) is 0 Å². The van der Waals surface area contributed by atoms with Crippen molar-refractivity contribution < 1.29 is 4.79 Å². The number of benzene rings is 1. The number of anilines is 3. The molecule has 2 aliphatic rings. The topological polar surface area (TPSA) is 67.1 Å². The van der Waals surface area contributed by atoms with Crippen LogP contribution in [0.2, 0.25) is 0 Å². The number of hydrogen-bond acceptors (Lipinski definition) is 3. The van der Waals surface area contributed by atoms with Crippen LogP contribution in [0, 0.1) is 5.92 Å². The third-order valence-corrected chi connectivity index (χ3v) is 3.96. The number of hydrogen-bond donors (Lipinski definition) is 3. The molecule has 1 aromatic rings. The molecular weight excluding hydrogens is 226 g/mol. The van der Waals surface area contributed by atoms with Gasteiger partial charge in [0.25, 0.3) is 0 Å². The highest BCUT2D eigenvalue weighted by Crippen LogP contribution is 2.39. The number of fused-ring (bicyclic) bond motifs is 1. The van der Waals surface area contributed by atoms with E-state index in [-0.39, 0.29) is 5.91 Å². The van der Waals surface area contributed by atoms with Crippen molar-refractivity contribution in [2.24, 2.45) is 5.92 Å². The highest BCUT2D eigenvalue weighted by molar-refractivity contribution is 5.95. The molecule has 1 saturated carbocycles. The quantitative estimate of drug-likeness (QED) is 0.716. The number of nitrogen functional groups attached to an aromatic ring is 1. The van der Waals surface area contributed by atoms with Crippen LogP contribution in [0.15, 0.2) is 12.1 Å². The first kappa shape index (κ1) is 11.4. The van der Waals surface area contributed by atoms with E-state index < -0.39 is 0 Å². The van der Waals surface area contributed by atoms with E-state index in [1.807, 2.05) is 12.1 Å². The molecule has 1 aliphatic heterocycles. The Bertz CT molecular complexity index is 498. The fourth-order valence-electron chi connectivity index (χ4n) is 2.65. The minimum atomic E-state index is 0.0936. The number of amides is 1. The predicted octanol–water partition coefficient (Wildman–Crippen LogP) is 2.36. The first-order chi connectivity index (χ1) is 8.67. The summed E-state index contributed by atoms with van der Waals surface area (Å²) in [6.45, 7) is 2.21. The second-order valence-corrected chi connectivity index (χ2v) is 5.30. The lowest BCUT2D eigenvalue weighted by molar-refractivity contribution is -0.116. The van der Waals surface area contributed by atoms with Gasteiger partial charge in [-0.1, -0.05) is 13.3 Å². The molecule has 18 heavy (non-hydrogen) atoms. The van der Waals surface area contributed by atoms with E-state index in [4.69, 9.17) is 5.73 Å². The van der Waals surface area contributed by atoms with Gasteiger partial charge in [0.1, 0.15) is 0 Å². The molecule has 1 aromatic carbocycles. The molecule has 1 fully saturated rings. The lowest BCUT2D eigenvalue weighted by atomic mass is 10.0. The third kappa shape index (κ3) is 2.03. The molecule has 0 spiro atoms. The van der Waals surface area contributed by atoms with Gasteiger partial charge in [0.05, 0.1) is 11.4 Å². The number of aryl methyl sites for hydroxylation is 1. The van der Waals surface area contributed by atoms with E-state index in [2.05, 4.69) is 17.6 Å². The molecule has 0 saturated heterocycles. The van der Waals surface area contributed by atoms with E-state index in [0.29, 0.717) is 12.5 Å². The standard InChI is InChI=1S/C14H19N3O/c1-2-8-6-11(8)16-13-7-12-9(5-10(13)15)3-4-14(18)17-12/h5,7-8,11,16H,2-4,6,15H2,1H3,(H,17,18). The van der Waals surface area contributed by atoms with Gasteiger partial charge >= 0.3 is 0 Å². The molecule has 3 rings (SSSR count). The van der Waals surface area contributed by atoms with E-state index in [1.54, 1.807) is 0 Å². The zero-order valence-corrected chi connectivity index (χ0v) is 10.6. The molecule has 2 unspecified atom stereocenters. The summed E-state index contributed by atoms with van der Waals surface area (Å²) >= 11 is 0. The molecule has 0 aromatic heterocycles. The van der Waals surface area contributed by atoms with Gasteiger partial charge in [-0.15, -0.1) is 0 Å². The zero-order chi connectivity index (χ0) is 12.7. The smallest absolute Gasteiger partial charge is 0.224 e. The first-order valence-corrected chi connectivity index (χ1v) is 6.66. The summed E-state index contributed by atoms with van der Waals surface area (Å²) in [7, 11) is 0. The minimum absolute atomic E-state index is 0.0936. The van der Waals surface area contributed by atoms with Crippen molar-refractivity contribution in [2.45, 2.75) is 38.6 Å². The molecular formula is C14H19N3O. The Morgan fingerprint density at radius 3 is 3.00 bits per heavy atom. The van der Waals surface area contributed by atoms with Crippen LogP contribution >= 0.6 is 0 Å². The van der Waals surface area contributed by atoms with Gasteiger partial charge in [-0.25, -0.2) is 0 Å². The molecule has 0 radical (unpaired) electrons. The molecule has 0 bridgehead atoms. The molecule has 96 valence electrons. The Labute approximate surface area is 107 Å². The van der Waals surface area contributed by atoms with E-state index >= 15 is 0 Å². The first-order valence-electron chi connectivity index (χ1n) is 6.66. The maximum Gasteiger partial charge on any atom is 0.224 e. The lowest BCUT2D eigenvalue weighted by Crippen LogP contribution is -2.19. The second kappa shape index (κ2) is 4.19. The van der Waals surface area contributed by atoms with Gasteiger partial charge < -0.3 is 16.4 Å². The number of carbonyl (C=O) groups is 1. The maximum atomic E-state index is 11.4. The lowest BCUT2D eigenvalue weighted by Gasteiger charge is -2.20. The average molecular weight is 245 g/mol. The predicted molar refractivity (Wildman–Crippen MR) is 73.6 cm³/mol. The summed E-state index contributed by atoms with van der Waals surface area (Å²) < 4.78 is 0. The summed E-state index contributed by atoms with van der Waals surface area (Å²) in [5.41, 5.74) is 9.86. The molecule has 1 heterocycles. The van der Waals surface area contributed by atoms with Gasteiger partial charge in [-0.3, -0.25) is 4.79 Å². The molecule has 4 N–H and O–H groups in total. The van der Waals surface area contributed by atoms with E-state index in [9.17, 15) is 4.79 Å². The molecule has 4 nitrogen and oxygen atoms in total. The van der Waals surface area contributed by atoms with Crippen LogP contribution < -0.4 is 16.4 Å². The number of rotatable bonds is 3. The third-order valence-electron chi connectivity index (χ3n) is 3.96. The highest BCUT2D eigenvalue weighted by atomic mass is 16.1. The van der Waals surface area contributed by atoms with E-state index in [0.717, 1.165) is 35.0 Å². The Kier molecular flexibility index (Phi) is 2.65. The Morgan fingerprint density at radius 1 is 1.44 bits per heavy atom. The van der Waals surface area contributed by atoms with Gasteiger partial charge in [-0.2, -0.15) is 0 Å². The molecule has 4 heteroatoms. The van der Waals surface area contributed by atoms with Crippen molar-refractivity contribution in [3.8, 4) is 0 Å². The molecule has 1 amide bonds. The van der Waals surface area contributed by atoms with Crippen LogP contribution in [0.1, 0.15) is 31.7 Å². The minimum Gasteiger partial charge on any atom is -0.397 e. The van der Waals surface area contributed by atoms with Crippen LogP contribution in [0.25, 0.3) is 0 Å². The Balaban J connectivity index is 1.82. The Morgan fingerprint density at radius 2 is 2.28 bits per heavy atom. The monoisotopic (exact) mass is 245 g/mol. The van der Waals surface area contributed by atoms with Crippen LogP contribution in [-0.4, -0.2) is 11.9 Å². The summed E-state index contributed by atoms with van der Waals surface area (Å²) in [5.74, 6) is 0.867. The largest absolute Gasteiger partial charge is 0.397 e. The van der Waals surface area contributed by atoms with Gasteiger partial charge in [0, 0.05) is 18.2 Å². The van der Waals surface area contributed by atoms with Crippen molar-refractivity contribution in [1.29, 1.82) is 0 Å². The maximum absolute atomic E-state index is 11.4. The van der Waals surface area contributed by atoms with Crippen molar-refractivity contribution in [1.82, 2.24) is 0 Å². The van der Waals surface area contributed by atoms with Gasteiger partial charge in [-0.05, 0) is 36.5 Å². The number of nitrogens with two attached hydrogens (primary N) is 1. The van der Waals surface area contributed by atoms with Crippen molar-refractivity contribution in [3.05, 3.63) is 17.7 Å². The number of carbonyl (C=O) groups excluding carboxylic acids is 1. The highest BCUT2D eigenvalue weighted by Gasteiger charge is 2.35. The van der Waals surface area contributed by atoms with Crippen LogP contribution in [-0.2, 0) is 11.2 Å². The van der Waals surface area contributed by atoms with Crippen molar-refractivity contribution >= 4 is 23.0 Å². The summed E-state index contributed by atoms with van der Waals surface area (Å²) in [6.07, 6.45) is 3.77. The van der Waals surface area contributed by atoms with Gasteiger partial charge in [0.15, 0.2) is 0 Å². The average Bonchev–Trinajstić information content (AvgIpc) is 3.09. The van der Waals surface area contributed by atoms with Crippen molar-refractivity contribution in [2.75, 3.05) is 16.4 Å². The summed E-state index contributed by atoms with van der Waals surface area (Å²) in [6, 6.07) is 4.52. The SMILES string of the molecule is CCC1CC1Nc1cc2c(cc1N)CCC(=O)N2. The molecule has 1 aliphatic carbocycles. The zero-order valence-electron chi connectivity index (χ0n) is 10.6. The molecule has 2 atom stereocenters. The summed E-state index contributed by atoms with van der Waals surface area (Å²) in [4.78, 5) is 11.4. The Hall–Kier alpha value is -1.71. The normalized spacial score (nSPS) is 25.3. The van der Waals surface area contributed by atoms with E-state index in [1.165, 1.54) is 12.8 Å².